The largest absolute Gasteiger partial charge is 0.508 e. The second-order valence-electron chi connectivity index (χ2n) is 7.61. The van der Waals surface area contributed by atoms with Crippen LogP contribution in [0.1, 0.15) is 57.3 Å². The lowest BCUT2D eigenvalue weighted by molar-refractivity contribution is -0.0216. The Morgan fingerprint density at radius 3 is 2.42 bits per heavy atom. The molecule has 0 aliphatic heterocycles. The van der Waals surface area contributed by atoms with E-state index in [1.54, 1.807) is 12.1 Å². The summed E-state index contributed by atoms with van der Waals surface area (Å²) in [5, 5.41) is 20.2. The molecule has 0 bridgehead atoms. The first-order chi connectivity index (χ1) is 12.3. The maximum atomic E-state index is 12.6. The van der Waals surface area contributed by atoms with Crippen molar-refractivity contribution in [3.8, 4) is 5.75 Å². The summed E-state index contributed by atoms with van der Waals surface area (Å²) in [4.78, 5) is 12.6. The standard InChI is InChI=1S/C22H30O4/c1-14(2)21-19(24)12-15(3)6-5-7-16(4)13-20(21)26-22(25)17-8-10-18(23)11-9-17/h7-12,14,19-21,23-24H,5-6,13H2,1-4H3/b15-12+,16-7-. The predicted molar refractivity (Wildman–Crippen MR) is 103 cm³/mol. The van der Waals surface area contributed by atoms with Crippen LogP contribution < -0.4 is 0 Å². The average Bonchev–Trinajstić information content (AvgIpc) is 2.54. The van der Waals surface area contributed by atoms with Gasteiger partial charge >= 0.3 is 5.97 Å². The topological polar surface area (TPSA) is 66.8 Å². The van der Waals surface area contributed by atoms with E-state index >= 15 is 0 Å². The third-order valence-corrected chi connectivity index (χ3v) is 4.96. The van der Waals surface area contributed by atoms with Crippen molar-refractivity contribution in [1.82, 2.24) is 0 Å². The fraction of sp³-hybridized carbons (Fsp3) is 0.500. The van der Waals surface area contributed by atoms with Gasteiger partial charge in [0.2, 0.25) is 0 Å². The van der Waals surface area contributed by atoms with Gasteiger partial charge < -0.3 is 14.9 Å². The highest BCUT2D eigenvalue weighted by molar-refractivity contribution is 5.89. The zero-order chi connectivity index (χ0) is 19.3. The molecule has 2 rings (SSSR count). The highest BCUT2D eigenvalue weighted by atomic mass is 16.5. The molecule has 0 fully saturated rings. The Bertz CT molecular complexity index is 670. The number of esters is 1. The van der Waals surface area contributed by atoms with Crippen molar-refractivity contribution in [2.24, 2.45) is 11.8 Å². The number of phenols is 1. The van der Waals surface area contributed by atoms with E-state index in [2.05, 4.69) is 6.08 Å². The Morgan fingerprint density at radius 2 is 1.81 bits per heavy atom. The maximum absolute atomic E-state index is 12.6. The van der Waals surface area contributed by atoms with E-state index in [-0.39, 0.29) is 17.6 Å². The number of ether oxygens (including phenoxy) is 1. The predicted octanol–water partition coefficient (Wildman–Crippen LogP) is 4.63. The van der Waals surface area contributed by atoms with E-state index in [0.29, 0.717) is 12.0 Å². The SMILES string of the molecule is C/C1=C/CC/C(C)=C/C(O)C(C(C)C)C(OC(=O)c2ccc(O)cc2)C1. The van der Waals surface area contributed by atoms with Gasteiger partial charge in [-0.15, -0.1) is 0 Å². The summed E-state index contributed by atoms with van der Waals surface area (Å²) in [6.45, 7) is 8.17. The van der Waals surface area contributed by atoms with Gasteiger partial charge in [0.25, 0.3) is 0 Å². The number of aliphatic hydroxyl groups excluding tert-OH is 1. The van der Waals surface area contributed by atoms with Gasteiger partial charge in [-0.1, -0.05) is 37.1 Å². The molecule has 1 aliphatic rings. The molecule has 3 atom stereocenters. The molecule has 1 aromatic carbocycles. The zero-order valence-corrected chi connectivity index (χ0v) is 16.1. The summed E-state index contributed by atoms with van der Waals surface area (Å²) in [6, 6.07) is 6.03. The molecule has 0 aromatic heterocycles. The monoisotopic (exact) mass is 358 g/mol. The fourth-order valence-corrected chi connectivity index (χ4v) is 3.54. The smallest absolute Gasteiger partial charge is 0.338 e. The third kappa shape index (κ3) is 5.46. The number of aromatic hydroxyl groups is 1. The molecule has 0 heterocycles. The van der Waals surface area contributed by atoms with Gasteiger partial charge in [-0.05, 0) is 56.9 Å². The fourth-order valence-electron chi connectivity index (χ4n) is 3.54. The van der Waals surface area contributed by atoms with Crippen molar-refractivity contribution in [2.75, 3.05) is 0 Å². The van der Waals surface area contributed by atoms with E-state index in [9.17, 15) is 15.0 Å². The minimum Gasteiger partial charge on any atom is -0.508 e. The van der Waals surface area contributed by atoms with Crippen molar-refractivity contribution in [1.29, 1.82) is 0 Å². The molecule has 4 nitrogen and oxygen atoms in total. The van der Waals surface area contributed by atoms with E-state index in [4.69, 9.17) is 4.74 Å². The Morgan fingerprint density at radius 1 is 1.15 bits per heavy atom. The molecule has 2 N–H and O–H groups in total. The van der Waals surface area contributed by atoms with Crippen LogP contribution in [-0.2, 0) is 4.74 Å². The summed E-state index contributed by atoms with van der Waals surface area (Å²) in [6.07, 6.45) is 5.48. The first kappa shape index (κ1) is 20.2. The number of rotatable bonds is 3. The molecule has 1 aromatic rings. The number of hydrogen-bond donors (Lipinski definition) is 2. The van der Waals surface area contributed by atoms with Gasteiger partial charge in [-0.2, -0.15) is 0 Å². The van der Waals surface area contributed by atoms with Crippen molar-refractivity contribution in [2.45, 2.75) is 59.2 Å². The summed E-state index contributed by atoms with van der Waals surface area (Å²) in [7, 11) is 0. The Kier molecular flexibility index (Phi) is 7.04. The number of allylic oxidation sites excluding steroid dienone is 2. The lowest BCUT2D eigenvalue weighted by Gasteiger charge is -2.33. The van der Waals surface area contributed by atoms with E-state index < -0.39 is 18.2 Å². The van der Waals surface area contributed by atoms with Crippen LogP contribution in [0.3, 0.4) is 0 Å². The van der Waals surface area contributed by atoms with Gasteiger partial charge in [0.15, 0.2) is 0 Å². The van der Waals surface area contributed by atoms with Crippen LogP contribution in [0.4, 0.5) is 0 Å². The van der Waals surface area contributed by atoms with Crippen LogP contribution in [-0.4, -0.2) is 28.4 Å². The van der Waals surface area contributed by atoms with Crippen LogP contribution >= 0.6 is 0 Å². The Balaban J connectivity index is 2.30. The summed E-state index contributed by atoms with van der Waals surface area (Å²) in [5.74, 6) is -0.361. The Hall–Kier alpha value is -2.07. The molecule has 3 unspecified atom stereocenters. The molecule has 4 heteroatoms. The summed E-state index contributed by atoms with van der Waals surface area (Å²) in [5.41, 5.74) is 2.71. The lowest BCUT2D eigenvalue weighted by Crippen LogP contribution is -2.38. The highest BCUT2D eigenvalue weighted by Crippen LogP contribution is 2.30. The Labute approximate surface area is 156 Å². The van der Waals surface area contributed by atoms with Crippen LogP contribution in [0.25, 0.3) is 0 Å². The highest BCUT2D eigenvalue weighted by Gasteiger charge is 2.33. The van der Waals surface area contributed by atoms with Gasteiger partial charge in [0.05, 0.1) is 11.7 Å². The van der Waals surface area contributed by atoms with Crippen LogP contribution in [0.2, 0.25) is 0 Å². The average molecular weight is 358 g/mol. The molecular formula is C22H30O4. The van der Waals surface area contributed by atoms with Gasteiger partial charge in [-0.25, -0.2) is 4.79 Å². The minimum absolute atomic E-state index is 0.107. The van der Waals surface area contributed by atoms with Gasteiger partial charge in [0.1, 0.15) is 11.9 Å². The molecule has 0 saturated carbocycles. The number of carbonyl (C=O) groups is 1. The third-order valence-electron chi connectivity index (χ3n) is 4.96. The second-order valence-corrected chi connectivity index (χ2v) is 7.61. The minimum atomic E-state index is -0.654. The maximum Gasteiger partial charge on any atom is 0.338 e. The number of benzene rings is 1. The lowest BCUT2D eigenvalue weighted by atomic mass is 9.81. The molecule has 0 radical (unpaired) electrons. The van der Waals surface area contributed by atoms with Gasteiger partial charge in [-0.3, -0.25) is 0 Å². The van der Waals surface area contributed by atoms with E-state index in [1.807, 2.05) is 33.8 Å². The molecule has 26 heavy (non-hydrogen) atoms. The molecule has 0 amide bonds. The quantitative estimate of drug-likeness (QED) is 0.611. The van der Waals surface area contributed by atoms with Crippen LogP contribution in [0, 0.1) is 11.8 Å². The molecule has 1 aliphatic carbocycles. The molecular weight excluding hydrogens is 328 g/mol. The molecule has 142 valence electrons. The number of carbonyl (C=O) groups excluding carboxylic acids is 1. The van der Waals surface area contributed by atoms with Crippen molar-refractivity contribution in [3.63, 3.8) is 0 Å². The summed E-state index contributed by atoms with van der Waals surface area (Å²) < 4.78 is 5.85. The van der Waals surface area contributed by atoms with Crippen LogP contribution in [0.5, 0.6) is 5.75 Å². The number of phenolic OH excluding ortho intramolecular Hbond substituents is 1. The van der Waals surface area contributed by atoms with Gasteiger partial charge in [0, 0.05) is 12.3 Å². The number of aliphatic hydroxyl groups is 1. The first-order valence-electron chi connectivity index (χ1n) is 9.29. The summed E-state index contributed by atoms with van der Waals surface area (Å²) >= 11 is 0. The normalized spacial score (nSPS) is 28.6. The van der Waals surface area contributed by atoms with Crippen molar-refractivity contribution in [3.05, 3.63) is 53.1 Å². The first-order valence-corrected chi connectivity index (χ1v) is 9.29. The zero-order valence-electron chi connectivity index (χ0n) is 16.1. The number of hydrogen-bond acceptors (Lipinski definition) is 4. The van der Waals surface area contributed by atoms with E-state index in [1.165, 1.54) is 17.7 Å². The van der Waals surface area contributed by atoms with E-state index in [0.717, 1.165) is 18.4 Å². The molecule has 0 spiro atoms. The van der Waals surface area contributed by atoms with Crippen molar-refractivity contribution >= 4 is 5.97 Å². The van der Waals surface area contributed by atoms with Crippen molar-refractivity contribution < 1.29 is 19.7 Å². The second kappa shape index (κ2) is 9.04. The molecule has 0 saturated heterocycles. The van der Waals surface area contributed by atoms with Crippen LogP contribution in [0.15, 0.2) is 47.6 Å².